The smallest absolute Gasteiger partial charge is 0.337 e. The van der Waals surface area contributed by atoms with E-state index in [0.29, 0.717) is 6.07 Å². The Morgan fingerprint density at radius 2 is 1.86 bits per heavy atom. The third-order valence-corrected chi connectivity index (χ3v) is 6.10. The van der Waals surface area contributed by atoms with Crippen molar-refractivity contribution in [2.45, 2.75) is 37.6 Å². The van der Waals surface area contributed by atoms with Gasteiger partial charge in [0.1, 0.15) is 17.7 Å². The third-order valence-electron chi connectivity index (χ3n) is 5.77. The van der Waals surface area contributed by atoms with Crippen LogP contribution in [0.5, 0.6) is 0 Å². The van der Waals surface area contributed by atoms with Gasteiger partial charge in [0.05, 0.1) is 12.1 Å². The topological polar surface area (TPSA) is 95.6 Å². The Hall–Kier alpha value is -3.54. The van der Waals surface area contributed by atoms with E-state index in [1.54, 1.807) is 5.32 Å². The van der Waals surface area contributed by atoms with Crippen LogP contribution in [-0.4, -0.2) is 40.7 Å². The van der Waals surface area contributed by atoms with Crippen molar-refractivity contribution < 1.29 is 41.1 Å². The number of amides is 4. The molecular formula is C22H15ClF5N3O4. The standard InChI is InChI=1S/C22H15ClF5N3O4/c23-14-7-9(24)1-2-11(14)18(22(26,27)28)30-19(33)12-4-3-10-13(17(12)25)8-31(21(10)35)15-5-6-16(32)29-20(15)34/h1-4,7,15,18H,5-6,8H2,(H,30,33)(H,29,32,34)/t15?,18-/m1/s1. The Kier molecular flexibility index (Phi) is 6.26. The minimum Gasteiger partial charge on any atom is -0.337 e. The van der Waals surface area contributed by atoms with Gasteiger partial charge in [-0.2, -0.15) is 13.2 Å². The second-order valence-electron chi connectivity index (χ2n) is 7.97. The van der Waals surface area contributed by atoms with Crippen LogP contribution < -0.4 is 10.6 Å². The normalized spacial score (nSPS) is 18.9. The fourth-order valence-electron chi connectivity index (χ4n) is 4.06. The van der Waals surface area contributed by atoms with Crippen LogP contribution in [0.25, 0.3) is 0 Å². The summed E-state index contributed by atoms with van der Waals surface area (Å²) in [4.78, 5) is 49.9. The number of piperidine rings is 1. The summed E-state index contributed by atoms with van der Waals surface area (Å²) in [5.74, 6) is -5.52. The Labute approximate surface area is 199 Å². The Morgan fingerprint density at radius 3 is 2.49 bits per heavy atom. The van der Waals surface area contributed by atoms with Crippen molar-refractivity contribution in [2.75, 3.05) is 0 Å². The number of nitrogens with zero attached hydrogens (tertiary/aromatic N) is 1. The molecule has 0 aromatic heterocycles. The SMILES string of the molecule is O=C1CCC(N2Cc3c(ccc(C(=O)N[C@H](c4ccc(F)cc4Cl)C(F)(F)F)c3F)C2=O)C(=O)N1. The average molecular weight is 516 g/mol. The summed E-state index contributed by atoms with van der Waals surface area (Å²) in [7, 11) is 0. The summed E-state index contributed by atoms with van der Waals surface area (Å²) < 4.78 is 69.6. The van der Waals surface area contributed by atoms with Crippen molar-refractivity contribution in [1.82, 2.24) is 15.5 Å². The van der Waals surface area contributed by atoms with Crippen molar-refractivity contribution >= 4 is 35.2 Å². The highest BCUT2D eigenvalue weighted by atomic mass is 35.5. The molecule has 2 atom stereocenters. The molecule has 2 aliphatic heterocycles. The molecule has 0 radical (unpaired) electrons. The molecule has 2 aromatic carbocycles. The number of rotatable bonds is 4. The largest absolute Gasteiger partial charge is 0.412 e. The van der Waals surface area contributed by atoms with Crippen LogP contribution in [0.15, 0.2) is 30.3 Å². The van der Waals surface area contributed by atoms with Crippen molar-refractivity contribution in [1.29, 1.82) is 0 Å². The molecule has 0 bridgehead atoms. The minimum absolute atomic E-state index is 0.0189. The molecule has 0 spiro atoms. The van der Waals surface area contributed by atoms with Gasteiger partial charge in [0.2, 0.25) is 11.8 Å². The van der Waals surface area contributed by atoms with E-state index in [-0.39, 0.29) is 24.0 Å². The lowest BCUT2D eigenvalue weighted by Gasteiger charge is -2.29. The van der Waals surface area contributed by atoms with Gasteiger partial charge in [0.25, 0.3) is 11.8 Å². The average Bonchev–Trinajstić information content (AvgIpc) is 3.09. The number of benzene rings is 2. The van der Waals surface area contributed by atoms with E-state index in [1.807, 2.05) is 0 Å². The van der Waals surface area contributed by atoms with Gasteiger partial charge >= 0.3 is 6.18 Å². The maximum atomic E-state index is 15.2. The maximum Gasteiger partial charge on any atom is 0.412 e. The zero-order valence-corrected chi connectivity index (χ0v) is 18.3. The Bertz CT molecular complexity index is 1270. The molecule has 35 heavy (non-hydrogen) atoms. The molecule has 1 fully saturated rings. The first-order valence-corrected chi connectivity index (χ1v) is 10.5. The molecule has 2 N–H and O–H groups in total. The number of fused-ring (bicyclic) bond motifs is 1. The van der Waals surface area contributed by atoms with E-state index < -0.39 is 76.2 Å². The van der Waals surface area contributed by atoms with Crippen LogP contribution in [0, 0.1) is 11.6 Å². The summed E-state index contributed by atoms with van der Waals surface area (Å²) in [6.45, 7) is -0.417. The zero-order valence-electron chi connectivity index (χ0n) is 17.5. The fraction of sp³-hybridized carbons (Fsp3) is 0.273. The van der Waals surface area contributed by atoms with Gasteiger partial charge < -0.3 is 10.2 Å². The number of hydrogen-bond donors (Lipinski definition) is 2. The lowest BCUT2D eigenvalue weighted by molar-refractivity contribution is -0.155. The summed E-state index contributed by atoms with van der Waals surface area (Å²) in [6.07, 6.45) is -5.06. The molecule has 0 saturated carbocycles. The van der Waals surface area contributed by atoms with Crippen LogP contribution >= 0.6 is 11.6 Å². The molecule has 4 rings (SSSR count). The molecule has 4 amide bonds. The van der Waals surface area contributed by atoms with Crippen LogP contribution in [-0.2, 0) is 16.1 Å². The van der Waals surface area contributed by atoms with Gasteiger partial charge in [0, 0.05) is 28.1 Å². The fourth-order valence-corrected chi connectivity index (χ4v) is 4.34. The molecular weight excluding hydrogens is 501 g/mol. The van der Waals surface area contributed by atoms with E-state index in [0.717, 1.165) is 29.2 Å². The second kappa shape index (κ2) is 8.91. The van der Waals surface area contributed by atoms with Gasteiger partial charge in [-0.05, 0) is 30.7 Å². The van der Waals surface area contributed by atoms with Crippen molar-refractivity contribution in [2.24, 2.45) is 0 Å². The number of carbonyl (C=O) groups is 4. The third kappa shape index (κ3) is 4.57. The minimum atomic E-state index is -5.05. The second-order valence-corrected chi connectivity index (χ2v) is 8.37. The number of halogens is 6. The molecule has 2 heterocycles. The Morgan fingerprint density at radius 1 is 1.14 bits per heavy atom. The highest BCUT2D eigenvalue weighted by molar-refractivity contribution is 6.31. The number of carbonyl (C=O) groups excluding carboxylic acids is 4. The summed E-state index contributed by atoms with van der Waals surface area (Å²) in [5.41, 5.74) is -1.84. The van der Waals surface area contributed by atoms with E-state index in [2.05, 4.69) is 5.32 Å². The quantitative estimate of drug-likeness (QED) is 0.482. The molecule has 2 aliphatic rings. The van der Waals surface area contributed by atoms with Crippen molar-refractivity contribution in [3.63, 3.8) is 0 Å². The van der Waals surface area contributed by atoms with Crippen LogP contribution in [0.1, 0.15) is 50.7 Å². The molecule has 13 heteroatoms. The number of hydrogen-bond acceptors (Lipinski definition) is 4. The van der Waals surface area contributed by atoms with Gasteiger partial charge in [0.15, 0.2) is 6.04 Å². The molecule has 1 unspecified atom stereocenters. The summed E-state index contributed by atoms with van der Waals surface area (Å²) >= 11 is 5.73. The summed E-state index contributed by atoms with van der Waals surface area (Å²) in [5, 5.41) is 3.17. The molecule has 2 aromatic rings. The predicted octanol–water partition coefficient (Wildman–Crippen LogP) is 3.41. The number of alkyl halides is 3. The van der Waals surface area contributed by atoms with Crippen molar-refractivity contribution in [3.8, 4) is 0 Å². The monoisotopic (exact) mass is 515 g/mol. The molecule has 0 aliphatic carbocycles. The first kappa shape index (κ1) is 24.6. The predicted molar refractivity (Wildman–Crippen MR) is 110 cm³/mol. The van der Waals surface area contributed by atoms with E-state index in [4.69, 9.17) is 11.6 Å². The molecule has 1 saturated heterocycles. The van der Waals surface area contributed by atoms with E-state index >= 15 is 4.39 Å². The van der Waals surface area contributed by atoms with Crippen LogP contribution in [0.3, 0.4) is 0 Å². The highest BCUT2D eigenvalue weighted by Gasteiger charge is 2.44. The van der Waals surface area contributed by atoms with Gasteiger partial charge in [-0.25, -0.2) is 8.78 Å². The maximum absolute atomic E-state index is 15.2. The first-order valence-electron chi connectivity index (χ1n) is 10.2. The molecule has 184 valence electrons. The van der Waals surface area contributed by atoms with Crippen LogP contribution in [0.4, 0.5) is 22.0 Å². The van der Waals surface area contributed by atoms with Crippen molar-refractivity contribution in [3.05, 3.63) is 69.2 Å². The summed E-state index contributed by atoms with van der Waals surface area (Å²) in [6, 6.07) is 0.358. The number of nitrogens with one attached hydrogen (secondary N) is 2. The first-order chi connectivity index (χ1) is 16.4. The lowest BCUT2D eigenvalue weighted by atomic mass is 10.0. The van der Waals surface area contributed by atoms with Gasteiger partial charge in [-0.15, -0.1) is 0 Å². The highest BCUT2D eigenvalue weighted by Crippen LogP contribution is 2.37. The van der Waals surface area contributed by atoms with Gasteiger partial charge in [-0.3, -0.25) is 24.5 Å². The number of imide groups is 1. The lowest BCUT2D eigenvalue weighted by Crippen LogP contribution is -2.52. The molecule has 7 nitrogen and oxygen atoms in total. The van der Waals surface area contributed by atoms with Crippen LogP contribution in [0.2, 0.25) is 5.02 Å². The zero-order chi connectivity index (χ0) is 25.7. The van der Waals surface area contributed by atoms with E-state index in [9.17, 15) is 36.7 Å². The Balaban J connectivity index is 1.61. The van der Waals surface area contributed by atoms with E-state index in [1.165, 1.54) is 0 Å². The van der Waals surface area contributed by atoms with Gasteiger partial charge in [-0.1, -0.05) is 17.7 Å².